The van der Waals surface area contributed by atoms with E-state index in [9.17, 15) is 0 Å². The quantitative estimate of drug-likeness (QED) is 0.845. The van der Waals surface area contributed by atoms with Crippen LogP contribution in [0.1, 0.15) is 26.7 Å². The van der Waals surface area contributed by atoms with Crippen LogP contribution in [0.4, 0.5) is 0 Å². The molecule has 1 saturated heterocycles. The third-order valence-electron chi connectivity index (χ3n) is 3.97. The SMILES string of the molecule is CCOc1ccc(-c2noc(CN3C[C@H](C)OC[C@@H]3C)n2)cc1. The average molecular weight is 317 g/mol. The van der Waals surface area contributed by atoms with E-state index in [2.05, 4.69) is 28.9 Å². The van der Waals surface area contributed by atoms with E-state index >= 15 is 0 Å². The van der Waals surface area contributed by atoms with Crippen LogP contribution in [-0.4, -0.2) is 46.9 Å². The van der Waals surface area contributed by atoms with E-state index in [-0.39, 0.29) is 6.10 Å². The first kappa shape index (κ1) is 16.0. The van der Waals surface area contributed by atoms with E-state index in [1.54, 1.807) is 0 Å². The fourth-order valence-electron chi connectivity index (χ4n) is 2.67. The fraction of sp³-hybridized carbons (Fsp3) is 0.529. The number of hydrogen-bond acceptors (Lipinski definition) is 6. The zero-order valence-corrected chi connectivity index (χ0v) is 13.9. The van der Waals surface area contributed by atoms with Gasteiger partial charge in [0.25, 0.3) is 0 Å². The Morgan fingerprint density at radius 3 is 2.78 bits per heavy atom. The van der Waals surface area contributed by atoms with Crippen LogP contribution in [0, 0.1) is 0 Å². The highest BCUT2D eigenvalue weighted by molar-refractivity contribution is 5.55. The van der Waals surface area contributed by atoms with Gasteiger partial charge in [0.05, 0.1) is 25.9 Å². The molecule has 1 aromatic heterocycles. The lowest BCUT2D eigenvalue weighted by Gasteiger charge is -2.35. The molecule has 0 spiro atoms. The number of morpholine rings is 1. The molecule has 0 saturated carbocycles. The molecule has 124 valence electrons. The van der Waals surface area contributed by atoms with E-state index in [4.69, 9.17) is 14.0 Å². The monoisotopic (exact) mass is 317 g/mol. The van der Waals surface area contributed by atoms with Crippen LogP contribution in [0.5, 0.6) is 5.75 Å². The van der Waals surface area contributed by atoms with Gasteiger partial charge in [0.15, 0.2) is 0 Å². The Labute approximate surface area is 136 Å². The van der Waals surface area contributed by atoms with Gasteiger partial charge >= 0.3 is 0 Å². The predicted molar refractivity (Wildman–Crippen MR) is 86.2 cm³/mol. The summed E-state index contributed by atoms with van der Waals surface area (Å²) in [5.41, 5.74) is 0.923. The molecule has 1 aromatic carbocycles. The Morgan fingerprint density at radius 1 is 1.26 bits per heavy atom. The van der Waals surface area contributed by atoms with Crippen LogP contribution < -0.4 is 4.74 Å². The number of hydrogen-bond donors (Lipinski definition) is 0. The predicted octanol–water partition coefficient (Wildman–Crippen LogP) is 2.74. The zero-order valence-electron chi connectivity index (χ0n) is 13.9. The van der Waals surface area contributed by atoms with Crippen molar-refractivity contribution < 1.29 is 14.0 Å². The molecule has 6 heteroatoms. The lowest BCUT2D eigenvalue weighted by molar-refractivity contribution is -0.0555. The minimum Gasteiger partial charge on any atom is -0.494 e. The summed E-state index contributed by atoms with van der Waals surface area (Å²) in [7, 11) is 0. The van der Waals surface area contributed by atoms with E-state index < -0.39 is 0 Å². The number of aromatic nitrogens is 2. The summed E-state index contributed by atoms with van der Waals surface area (Å²) in [6.45, 7) is 9.12. The molecule has 1 aliphatic rings. The maximum atomic E-state index is 5.64. The standard InChI is InChI=1S/C17H23N3O3/c1-4-21-15-7-5-14(6-8-15)17-18-16(23-19-17)10-20-9-13(3)22-11-12(20)2/h5-8,12-13H,4,9-11H2,1-3H3/t12-,13-/m0/s1. The Balaban J connectivity index is 1.67. The molecule has 0 N–H and O–H groups in total. The summed E-state index contributed by atoms with van der Waals surface area (Å²) in [4.78, 5) is 6.82. The second kappa shape index (κ2) is 7.10. The van der Waals surface area contributed by atoms with Crippen molar-refractivity contribution in [2.24, 2.45) is 0 Å². The van der Waals surface area contributed by atoms with Crippen molar-refractivity contribution in [2.45, 2.75) is 39.5 Å². The molecule has 0 radical (unpaired) electrons. The molecule has 1 fully saturated rings. The van der Waals surface area contributed by atoms with Gasteiger partial charge in [-0.05, 0) is 45.0 Å². The van der Waals surface area contributed by atoms with Gasteiger partial charge in [-0.25, -0.2) is 0 Å². The minimum absolute atomic E-state index is 0.236. The van der Waals surface area contributed by atoms with Crippen molar-refractivity contribution >= 4 is 0 Å². The van der Waals surface area contributed by atoms with Gasteiger partial charge in [-0.15, -0.1) is 0 Å². The summed E-state index contributed by atoms with van der Waals surface area (Å²) >= 11 is 0. The summed E-state index contributed by atoms with van der Waals surface area (Å²) in [6, 6.07) is 8.08. The fourth-order valence-corrected chi connectivity index (χ4v) is 2.67. The molecule has 23 heavy (non-hydrogen) atoms. The Kier molecular flexibility index (Phi) is 4.93. The maximum Gasteiger partial charge on any atom is 0.241 e. The molecule has 0 bridgehead atoms. The number of nitrogens with zero attached hydrogens (tertiary/aromatic N) is 3. The number of benzene rings is 1. The van der Waals surface area contributed by atoms with Crippen molar-refractivity contribution in [2.75, 3.05) is 19.8 Å². The second-order valence-corrected chi connectivity index (χ2v) is 5.89. The summed E-state index contributed by atoms with van der Waals surface area (Å²) in [6.07, 6.45) is 0.236. The van der Waals surface area contributed by atoms with Crippen LogP contribution in [-0.2, 0) is 11.3 Å². The normalized spacial score (nSPS) is 22.2. The van der Waals surface area contributed by atoms with Gasteiger partial charge in [-0.1, -0.05) is 5.16 Å². The van der Waals surface area contributed by atoms with Crippen molar-refractivity contribution in [3.63, 3.8) is 0 Å². The molecular weight excluding hydrogens is 294 g/mol. The lowest BCUT2D eigenvalue weighted by Crippen LogP contribution is -2.46. The van der Waals surface area contributed by atoms with Crippen LogP contribution >= 0.6 is 0 Å². The molecule has 2 heterocycles. The summed E-state index contributed by atoms with van der Waals surface area (Å²) in [5.74, 6) is 2.09. The van der Waals surface area contributed by atoms with Gasteiger partial charge in [0.1, 0.15) is 5.75 Å². The van der Waals surface area contributed by atoms with Gasteiger partial charge < -0.3 is 14.0 Å². The molecule has 0 amide bonds. The molecule has 0 unspecified atom stereocenters. The van der Waals surface area contributed by atoms with E-state index in [1.165, 1.54) is 0 Å². The Morgan fingerprint density at radius 2 is 2.04 bits per heavy atom. The minimum atomic E-state index is 0.236. The van der Waals surface area contributed by atoms with Crippen LogP contribution in [0.3, 0.4) is 0 Å². The Bertz CT molecular complexity index is 626. The van der Waals surface area contributed by atoms with Crippen molar-refractivity contribution in [1.82, 2.24) is 15.0 Å². The summed E-state index contributed by atoms with van der Waals surface area (Å²) in [5, 5.41) is 4.09. The molecule has 0 aliphatic carbocycles. The highest BCUT2D eigenvalue weighted by atomic mass is 16.5. The first-order valence-corrected chi connectivity index (χ1v) is 8.07. The van der Waals surface area contributed by atoms with Crippen molar-refractivity contribution in [3.05, 3.63) is 30.2 Å². The largest absolute Gasteiger partial charge is 0.494 e. The molecule has 2 aromatic rings. The number of ether oxygens (including phenoxy) is 2. The lowest BCUT2D eigenvalue weighted by atomic mass is 10.2. The highest BCUT2D eigenvalue weighted by Gasteiger charge is 2.25. The third kappa shape index (κ3) is 3.89. The van der Waals surface area contributed by atoms with Crippen LogP contribution in [0.15, 0.2) is 28.8 Å². The van der Waals surface area contributed by atoms with Gasteiger partial charge in [0.2, 0.25) is 11.7 Å². The maximum absolute atomic E-state index is 5.64. The summed E-state index contributed by atoms with van der Waals surface area (Å²) < 4.78 is 16.5. The first-order valence-electron chi connectivity index (χ1n) is 8.07. The molecule has 3 rings (SSSR count). The van der Waals surface area contributed by atoms with Crippen LogP contribution in [0.2, 0.25) is 0 Å². The van der Waals surface area contributed by atoms with Gasteiger partial charge in [-0.3, -0.25) is 4.90 Å². The smallest absolute Gasteiger partial charge is 0.241 e. The van der Waals surface area contributed by atoms with E-state index in [0.29, 0.717) is 30.9 Å². The molecule has 1 aliphatic heterocycles. The average Bonchev–Trinajstić information content (AvgIpc) is 3.01. The zero-order chi connectivity index (χ0) is 16.2. The van der Waals surface area contributed by atoms with Crippen molar-refractivity contribution in [1.29, 1.82) is 0 Å². The number of rotatable bonds is 5. The molecular formula is C17H23N3O3. The van der Waals surface area contributed by atoms with E-state index in [1.807, 2.05) is 31.2 Å². The van der Waals surface area contributed by atoms with E-state index in [0.717, 1.165) is 24.5 Å². The van der Waals surface area contributed by atoms with Gasteiger partial charge in [0, 0.05) is 18.2 Å². The Hall–Kier alpha value is -1.92. The first-order chi connectivity index (χ1) is 11.2. The third-order valence-corrected chi connectivity index (χ3v) is 3.97. The van der Waals surface area contributed by atoms with Crippen molar-refractivity contribution in [3.8, 4) is 17.1 Å². The molecule has 2 atom stereocenters. The topological polar surface area (TPSA) is 60.6 Å². The highest BCUT2D eigenvalue weighted by Crippen LogP contribution is 2.21. The molecule has 6 nitrogen and oxygen atoms in total. The second-order valence-electron chi connectivity index (χ2n) is 5.89. The van der Waals surface area contributed by atoms with Crippen LogP contribution in [0.25, 0.3) is 11.4 Å². The van der Waals surface area contributed by atoms with Gasteiger partial charge in [-0.2, -0.15) is 4.98 Å².